The van der Waals surface area contributed by atoms with Crippen molar-refractivity contribution in [3.05, 3.63) is 64.3 Å². The second kappa shape index (κ2) is 6.58. The van der Waals surface area contributed by atoms with Gasteiger partial charge in [-0.15, -0.1) is 0 Å². The minimum atomic E-state index is -3.85. The summed E-state index contributed by atoms with van der Waals surface area (Å²) < 4.78 is 60.1. The zero-order valence-corrected chi connectivity index (χ0v) is 14.3. The highest BCUT2D eigenvalue weighted by Crippen LogP contribution is 2.34. The Hall–Kier alpha value is -2.23. The molecule has 0 N–H and O–H groups in total. The lowest BCUT2D eigenvalue weighted by Crippen LogP contribution is -2.09. The van der Waals surface area contributed by atoms with Gasteiger partial charge in [0.05, 0.1) is 23.9 Å². The molecule has 0 aliphatic rings. The van der Waals surface area contributed by atoms with Crippen LogP contribution in [0.5, 0.6) is 0 Å². The summed E-state index contributed by atoms with van der Waals surface area (Å²) >= 11 is 0.290. The van der Waals surface area contributed by atoms with Gasteiger partial charge in [-0.1, -0.05) is 18.2 Å². The van der Waals surface area contributed by atoms with E-state index in [0.717, 1.165) is 18.4 Å². The van der Waals surface area contributed by atoms with Crippen molar-refractivity contribution < 1.29 is 25.2 Å². The largest absolute Gasteiger partial charge is 0.446 e. The SMILES string of the molecule is CS(=O)(=O)OSc1oc2cccc(F)c2c(=O)c1-c1cccc(F)c1. The molecule has 130 valence electrons. The fraction of sp³-hybridized carbons (Fsp3) is 0.0625. The van der Waals surface area contributed by atoms with Crippen LogP contribution in [0.1, 0.15) is 0 Å². The van der Waals surface area contributed by atoms with Crippen LogP contribution >= 0.6 is 12.0 Å². The summed E-state index contributed by atoms with van der Waals surface area (Å²) in [6.07, 6.45) is 0.820. The number of benzene rings is 2. The maximum absolute atomic E-state index is 14.1. The fourth-order valence-corrected chi connectivity index (χ4v) is 3.38. The third-order valence-electron chi connectivity index (χ3n) is 3.18. The van der Waals surface area contributed by atoms with Gasteiger partial charge in [-0.25, -0.2) is 8.78 Å². The van der Waals surface area contributed by atoms with Crippen LogP contribution in [0.4, 0.5) is 8.78 Å². The zero-order chi connectivity index (χ0) is 18.2. The van der Waals surface area contributed by atoms with E-state index < -0.39 is 27.2 Å². The molecule has 5 nitrogen and oxygen atoms in total. The molecular weight excluding hydrogens is 374 g/mol. The van der Waals surface area contributed by atoms with E-state index in [1.807, 2.05) is 0 Å². The van der Waals surface area contributed by atoms with E-state index in [-0.39, 0.29) is 27.2 Å². The van der Waals surface area contributed by atoms with Crippen molar-refractivity contribution in [3.8, 4) is 11.1 Å². The molecule has 0 saturated carbocycles. The van der Waals surface area contributed by atoms with E-state index in [9.17, 15) is 22.0 Å². The maximum Gasteiger partial charge on any atom is 0.275 e. The summed E-state index contributed by atoms with van der Waals surface area (Å²) in [5, 5.41) is -0.537. The van der Waals surface area contributed by atoms with E-state index >= 15 is 0 Å². The molecule has 0 amide bonds. The Kier molecular flexibility index (Phi) is 4.63. The van der Waals surface area contributed by atoms with Gasteiger partial charge < -0.3 is 4.42 Å². The first-order valence-electron chi connectivity index (χ1n) is 6.83. The minimum Gasteiger partial charge on any atom is -0.446 e. The molecule has 0 spiro atoms. The second-order valence-electron chi connectivity index (χ2n) is 5.07. The molecule has 25 heavy (non-hydrogen) atoms. The first-order valence-corrected chi connectivity index (χ1v) is 9.39. The van der Waals surface area contributed by atoms with Crippen LogP contribution in [-0.2, 0) is 13.7 Å². The molecule has 0 bridgehead atoms. The molecule has 0 unspecified atom stereocenters. The molecule has 2 aromatic carbocycles. The summed E-state index contributed by atoms with van der Waals surface area (Å²) in [6.45, 7) is 0. The molecule has 0 fully saturated rings. The Labute approximate surface area is 145 Å². The molecule has 3 rings (SSSR count). The van der Waals surface area contributed by atoms with Gasteiger partial charge in [0.1, 0.15) is 22.6 Å². The summed E-state index contributed by atoms with van der Waals surface area (Å²) in [5.74, 6) is -1.42. The van der Waals surface area contributed by atoms with Crippen LogP contribution in [0.2, 0.25) is 0 Å². The Morgan fingerprint density at radius 3 is 2.52 bits per heavy atom. The van der Waals surface area contributed by atoms with Crippen molar-refractivity contribution in [2.45, 2.75) is 5.09 Å². The molecule has 0 aliphatic carbocycles. The lowest BCUT2D eigenvalue weighted by molar-refractivity contribution is 0.479. The number of hydrogen-bond acceptors (Lipinski definition) is 6. The standard InChI is InChI=1S/C16H10F2O5S2/c1-25(20,21)23-24-16-13(9-4-2-5-10(17)8-9)15(19)14-11(18)6-3-7-12(14)22-16/h2-8H,1H3. The highest BCUT2D eigenvalue weighted by atomic mass is 32.3. The monoisotopic (exact) mass is 384 g/mol. The maximum atomic E-state index is 14.1. The quantitative estimate of drug-likeness (QED) is 0.639. The predicted octanol–water partition coefficient (Wildman–Crippen LogP) is 3.72. The minimum absolute atomic E-state index is 0.0789. The van der Waals surface area contributed by atoms with Crippen molar-refractivity contribution in [2.75, 3.05) is 6.26 Å². The van der Waals surface area contributed by atoms with Crippen molar-refractivity contribution in [2.24, 2.45) is 0 Å². The zero-order valence-electron chi connectivity index (χ0n) is 12.7. The van der Waals surface area contributed by atoms with E-state index in [4.69, 9.17) is 4.42 Å². The topological polar surface area (TPSA) is 73.6 Å². The van der Waals surface area contributed by atoms with Gasteiger partial charge in [0.15, 0.2) is 0 Å². The molecule has 1 aromatic heterocycles. The highest BCUT2D eigenvalue weighted by Gasteiger charge is 2.21. The van der Waals surface area contributed by atoms with Crippen molar-refractivity contribution in [1.29, 1.82) is 0 Å². The van der Waals surface area contributed by atoms with Gasteiger partial charge in [-0.3, -0.25) is 4.79 Å². The summed E-state index contributed by atoms with van der Waals surface area (Å²) in [6, 6.07) is 8.81. The molecular formula is C16H10F2O5S2. The second-order valence-corrected chi connectivity index (χ2v) is 7.56. The fourth-order valence-electron chi connectivity index (χ4n) is 2.22. The third-order valence-corrected chi connectivity index (χ3v) is 4.88. The predicted molar refractivity (Wildman–Crippen MR) is 89.6 cm³/mol. The third kappa shape index (κ3) is 3.73. The first kappa shape index (κ1) is 17.6. The molecule has 3 aromatic rings. The lowest BCUT2D eigenvalue weighted by atomic mass is 10.1. The molecule has 1 heterocycles. The summed E-state index contributed by atoms with van der Waals surface area (Å²) in [4.78, 5) is 12.8. The number of fused-ring (bicyclic) bond motifs is 1. The van der Waals surface area contributed by atoms with Crippen molar-refractivity contribution in [1.82, 2.24) is 0 Å². The Morgan fingerprint density at radius 2 is 1.84 bits per heavy atom. The molecule has 0 saturated heterocycles. The van der Waals surface area contributed by atoms with Crippen LogP contribution in [0.15, 0.2) is 56.8 Å². The van der Waals surface area contributed by atoms with Gasteiger partial charge in [0, 0.05) is 0 Å². The molecule has 0 radical (unpaired) electrons. The van der Waals surface area contributed by atoms with E-state index in [1.54, 1.807) is 0 Å². The van der Waals surface area contributed by atoms with E-state index in [1.165, 1.54) is 30.3 Å². The van der Waals surface area contributed by atoms with Crippen molar-refractivity contribution in [3.63, 3.8) is 0 Å². The normalized spacial score (nSPS) is 11.8. The van der Waals surface area contributed by atoms with Crippen LogP contribution in [-0.4, -0.2) is 14.7 Å². The summed E-state index contributed by atoms with van der Waals surface area (Å²) in [7, 11) is -3.85. The average molecular weight is 384 g/mol. The number of rotatable bonds is 4. The van der Waals surface area contributed by atoms with Gasteiger partial charge in [-0.2, -0.15) is 12.0 Å². The molecule has 0 atom stereocenters. The van der Waals surface area contributed by atoms with Gasteiger partial charge in [0.25, 0.3) is 10.1 Å². The van der Waals surface area contributed by atoms with Crippen LogP contribution in [0.3, 0.4) is 0 Å². The first-order chi connectivity index (χ1) is 11.8. The van der Waals surface area contributed by atoms with Crippen molar-refractivity contribution >= 4 is 33.1 Å². The van der Waals surface area contributed by atoms with Gasteiger partial charge in [0.2, 0.25) is 10.5 Å². The highest BCUT2D eigenvalue weighted by molar-refractivity contribution is 8.04. The summed E-state index contributed by atoms with van der Waals surface area (Å²) in [5.41, 5.74) is -0.918. The van der Waals surface area contributed by atoms with E-state index in [2.05, 4.69) is 3.63 Å². The average Bonchev–Trinajstić information content (AvgIpc) is 2.52. The van der Waals surface area contributed by atoms with E-state index in [0.29, 0.717) is 12.0 Å². The smallest absolute Gasteiger partial charge is 0.275 e. The Bertz CT molecular complexity index is 1120. The number of halogens is 2. The van der Waals surface area contributed by atoms with Gasteiger partial charge >= 0.3 is 0 Å². The molecule has 0 aliphatic heterocycles. The van der Waals surface area contributed by atoms with Crippen LogP contribution < -0.4 is 5.43 Å². The number of hydrogen-bond donors (Lipinski definition) is 0. The van der Waals surface area contributed by atoms with Gasteiger partial charge in [-0.05, 0) is 29.8 Å². The van der Waals surface area contributed by atoms with Crippen LogP contribution in [0.25, 0.3) is 22.1 Å². The lowest BCUT2D eigenvalue weighted by Gasteiger charge is -2.09. The molecule has 9 heteroatoms. The Morgan fingerprint density at radius 1 is 1.12 bits per heavy atom. The Balaban J connectivity index is 2.32. The van der Waals surface area contributed by atoms with Crippen LogP contribution in [0, 0.1) is 11.6 Å².